The molecular weight excluding hydrogens is 451 g/mol. The van der Waals surface area contributed by atoms with Gasteiger partial charge in [-0.15, -0.1) is 0 Å². The molecule has 0 aromatic heterocycles. The predicted molar refractivity (Wildman–Crippen MR) is 118 cm³/mol. The number of anilines is 1. The van der Waals surface area contributed by atoms with Crippen molar-refractivity contribution in [2.24, 2.45) is 5.41 Å². The number of carbonyl (C=O) groups is 3. The second-order valence-corrected chi connectivity index (χ2v) is 8.62. The summed E-state index contributed by atoms with van der Waals surface area (Å²) < 4.78 is 44.1. The number of alkyl carbamates (subject to hydrolysis) is 1. The fraction of sp³-hybridized carbons (Fsp3) is 0.375. The first kappa shape index (κ1) is 23.6. The normalized spacial score (nSPS) is 19.3. The van der Waals surface area contributed by atoms with E-state index in [0.717, 1.165) is 11.1 Å². The van der Waals surface area contributed by atoms with Crippen LogP contribution in [0.3, 0.4) is 0 Å². The minimum Gasteiger partial charge on any atom is -0.436 e. The molecular formula is C24H24F3N3O4. The largest absolute Gasteiger partial charge is 0.436 e. The Morgan fingerprint density at radius 1 is 1.12 bits per heavy atom. The van der Waals surface area contributed by atoms with Gasteiger partial charge in [0.15, 0.2) is 6.10 Å². The summed E-state index contributed by atoms with van der Waals surface area (Å²) in [6.07, 6.45) is -7.01. The molecule has 1 heterocycles. The molecule has 4 rings (SSSR count). The van der Waals surface area contributed by atoms with E-state index in [1.54, 1.807) is 25.2 Å². The van der Waals surface area contributed by atoms with Crippen LogP contribution in [0.15, 0.2) is 48.5 Å². The number of nitrogens with zero attached hydrogens (tertiary/aromatic N) is 1. The highest BCUT2D eigenvalue weighted by atomic mass is 19.4. The molecule has 1 saturated carbocycles. The third kappa shape index (κ3) is 4.32. The monoisotopic (exact) mass is 475 g/mol. The Balaban J connectivity index is 1.46. The van der Waals surface area contributed by atoms with E-state index in [0.29, 0.717) is 11.3 Å². The van der Waals surface area contributed by atoms with Crippen molar-refractivity contribution in [3.8, 4) is 11.1 Å². The van der Waals surface area contributed by atoms with Gasteiger partial charge in [-0.05, 0) is 37.0 Å². The van der Waals surface area contributed by atoms with E-state index in [1.807, 2.05) is 30.3 Å². The molecule has 2 aromatic rings. The fourth-order valence-corrected chi connectivity index (χ4v) is 4.04. The molecule has 7 nitrogen and oxygen atoms in total. The summed E-state index contributed by atoms with van der Waals surface area (Å²) in [6.45, 7) is 0.679. The van der Waals surface area contributed by atoms with Crippen LogP contribution in [0.25, 0.3) is 11.1 Å². The number of rotatable bonds is 5. The first-order chi connectivity index (χ1) is 16.0. The molecule has 180 valence electrons. The van der Waals surface area contributed by atoms with Crippen LogP contribution in [0.2, 0.25) is 0 Å². The second kappa shape index (κ2) is 8.66. The van der Waals surface area contributed by atoms with E-state index >= 15 is 0 Å². The standard InChI is InChI=1S/C24H24F3N3O4/c1-14(34-22(33)28-13-23(11-12-23)24(25,26)27)20(31)29-19-17-9-4-3-7-15(17)16-8-5-6-10-18(16)30(2)21(19)32/h3-10,14,19H,11-13H2,1-2H3,(H,28,33)(H,29,31)/t14-,19?/m0/s1. The number of amides is 3. The van der Waals surface area contributed by atoms with Gasteiger partial charge < -0.3 is 20.3 Å². The molecule has 0 bridgehead atoms. The minimum atomic E-state index is -4.42. The maximum Gasteiger partial charge on any atom is 0.407 e. The van der Waals surface area contributed by atoms with Crippen LogP contribution >= 0.6 is 0 Å². The highest BCUT2D eigenvalue weighted by Gasteiger charge is 2.63. The number of nitrogens with one attached hydrogen (secondary N) is 2. The van der Waals surface area contributed by atoms with Crippen molar-refractivity contribution < 1.29 is 32.3 Å². The molecule has 1 aliphatic carbocycles. The molecule has 3 amide bonds. The predicted octanol–water partition coefficient (Wildman–Crippen LogP) is 3.94. The van der Waals surface area contributed by atoms with Gasteiger partial charge in [0.1, 0.15) is 6.04 Å². The second-order valence-electron chi connectivity index (χ2n) is 8.62. The summed E-state index contributed by atoms with van der Waals surface area (Å²) in [5.41, 5.74) is 0.935. The summed E-state index contributed by atoms with van der Waals surface area (Å²) >= 11 is 0. The number of ether oxygens (including phenoxy) is 1. The van der Waals surface area contributed by atoms with E-state index in [9.17, 15) is 27.6 Å². The highest BCUT2D eigenvalue weighted by molar-refractivity contribution is 6.06. The van der Waals surface area contributed by atoms with Gasteiger partial charge in [-0.25, -0.2) is 4.79 Å². The van der Waals surface area contributed by atoms with Crippen molar-refractivity contribution in [1.82, 2.24) is 10.6 Å². The smallest absolute Gasteiger partial charge is 0.407 e. The molecule has 2 aliphatic rings. The summed E-state index contributed by atoms with van der Waals surface area (Å²) in [7, 11) is 1.61. The van der Waals surface area contributed by atoms with Crippen LogP contribution in [-0.4, -0.2) is 43.8 Å². The van der Waals surface area contributed by atoms with Crippen LogP contribution in [-0.2, 0) is 14.3 Å². The minimum absolute atomic E-state index is 0.0636. The van der Waals surface area contributed by atoms with Crippen LogP contribution in [0, 0.1) is 5.41 Å². The van der Waals surface area contributed by atoms with Crippen molar-refractivity contribution in [2.75, 3.05) is 18.5 Å². The lowest BCUT2D eigenvalue weighted by molar-refractivity contribution is -0.185. The topological polar surface area (TPSA) is 87.7 Å². The van der Waals surface area contributed by atoms with Gasteiger partial charge in [-0.1, -0.05) is 42.5 Å². The third-order valence-corrected chi connectivity index (χ3v) is 6.37. The first-order valence-corrected chi connectivity index (χ1v) is 10.8. The number of hydrogen-bond acceptors (Lipinski definition) is 4. The van der Waals surface area contributed by atoms with Crippen LogP contribution < -0.4 is 15.5 Å². The van der Waals surface area contributed by atoms with E-state index in [-0.39, 0.29) is 18.7 Å². The highest BCUT2D eigenvalue weighted by Crippen LogP contribution is 2.57. The Morgan fingerprint density at radius 3 is 2.38 bits per heavy atom. The molecule has 10 heteroatoms. The lowest BCUT2D eigenvalue weighted by Gasteiger charge is -2.24. The quantitative estimate of drug-likeness (QED) is 0.686. The van der Waals surface area contributed by atoms with Gasteiger partial charge in [0, 0.05) is 19.2 Å². The van der Waals surface area contributed by atoms with Crippen molar-refractivity contribution in [3.63, 3.8) is 0 Å². The number of hydrogen-bond donors (Lipinski definition) is 2. The summed E-state index contributed by atoms with van der Waals surface area (Å²) in [5.74, 6) is -1.14. The molecule has 2 atom stereocenters. The van der Waals surface area contributed by atoms with E-state index in [1.165, 1.54) is 11.8 Å². The van der Waals surface area contributed by atoms with Crippen molar-refractivity contribution in [2.45, 2.75) is 38.1 Å². The molecule has 1 fully saturated rings. The summed E-state index contributed by atoms with van der Waals surface area (Å²) in [6, 6.07) is 13.5. The summed E-state index contributed by atoms with van der Waals surface area (Å²) in [4.78, 5) is 39.5. The number of halogens is 3. The lowest BCUT2D eigenvalue weighted by atomic mass is 9.95. The van der Waals surface area contributed by atoms with Gasteiger partial charge in [0.05, 0.1) is 11.1 Å². The Hall–Kier alpha value is -3.56. The van der Waals surface area contributed by atoms with Gasteiger partial charge in [0.2, 0.25) is 0 Å². The van der Waals surface area contributed by atoms with Gasteiger partial charge in [0.25, 0.3) is 11.8 Å². The third-order valence-electron chi connectivity index (χ3n) is 6.37. The number of benzene rings is 2. The van der Waals surface area contributed by atoms with Crippen LogP contribution in [0.1, 0.15) is 31.4 Å². The van der Waals surface area contributed by atoms with Crippen molar-refractivity contribution in [1.29, 1.82) is 0 Å². The molecule has 0 saturated heterocycles. The maximum atomic E-state index is 13.2. The molecule has 0 radical (unpaired) electrons. The SMILES string of the molecule is C[C@H](OC(=O)NCC1(C(F)(F)F)CC1)C(=O)NC1C(=O)N(C)c2ccccc2-c2ccccc21. The zero-order chi connectivity index (χ0) is 24.7. The Bertz CT molecular complexity index is 1130. The van der Waals surface area contributed by atoms with Crippen LogP contribution in [0.4, 0.5) is 23.7 Å². The first-order valence-electron chi connectivity index (χ1n) is 10.8. The zero-order valence-corrected chi connectivity index (χ0v) is 18.6. The molecule has 1 unspecified atom stereocenters. The number of carbonyl (C=O) groups excluding carboxylic acids is 3. The van der Waals surface area contributed by atoms with Gasteiger partial charge in [-0.2, -0.15) is 13.2 Å². The zero-order valence-electron chi connectivity index (χ0n) is 18.6. The summed E-state index contributed by atoms with van der Waals surface area (Å²) in [5, 5.41) is 4.73. The fourth-order valence-electron chi connectivity index (χ4n) is 4.04. The molecule has 1 aliphatic heterocycles. The van der Waals surface area contributed by atoms with E-state index in [4.69, 9.17) is 4.74 Å². The van der Waals surface area contributed by atoms with E-state index in [2.05, 4.69) is 10.6 Å². The van der Waals surface area contributed by atoms with Gasteiger partial charge >= 0.3 is 12.3 Å². The van der Waals surface area contributed by atoms with Gasteiger partial charge in [-0.3, -0.25) is 9.59 Å². The Labute approximate surface area is 194 Å². The maximum absolute atomic E-state index is 13.2. The molecule has 2 N–H and O–H groups in total. The van der Waals surface area contributed by atoms with Crippen molar-refractivity contribution >= 4 is 23.6 Å². The van der Waals surface area contributed by atoms with Crippen molar-refractivity contribution in [3.05, 3.63) is 54.1 Å². The average molecular weight is 475 g/mol. The molecule has 2 aromatic carbocycles. The molecule has 34 heavy (non-hydrogen) atoms. The number of alkyl halides is 3. The Kier molecular flexibility index (Phi) is 6.01. The molecule has 0 spiro atoms. The Morgan fingerprint density at radius 2 is 1.74 bits per heavy atom. The lowest BCUT2D eigenvalue weighted by Crippen LogP contribution is -2.46. The average Bonchev–Trinajstić information content (AvgIpc) is 3.62. The number of fused-ring (bicyclic) bond motifs is 3. The number of para-hydroxylation sites is 1. The number of likely N-dealkylation sites (N-methyl/N-ethyl adjacent to an activating group) is 1. The van der Waals surface area contributed by atoms with E-state index < -0.39 is 42.3 Å². The van der Waals surface area contributed by atoms with Crippen LogP contribution in [0.5, 0.6) is 0 Å².